The Hall–Kier alpha value is -4.53. The van der Waals surface area contributed by atoms with Gasteiger partial charge in [-0.2, -0.15) is 5.10 Å². The molecule has 0 aliphatic rings. The Balaban J connectivity index is 1.33. The number of nitro groups is 1. The highest BCUT2D eigenvalue weighted by Gasteiger charge is 2.21. The molecule has 0 saturated heterocycles. The van der Waals surface area contributed by atoms with Gasteiger partial charge in [0, 0.05) is 18.3 Å². The lowest BCUT2D eigenvalue weighted by Gasteiger charge is -2.10. The molecule has 9 heteroatoms. The van der Waals surface area contributed by atoms with Gasteiger partial charge in [0.1, 0.15) is 23.7 Å². The van der Waals surface area contributed by atoms with E-state index in [2.05, 4.69) is 15.4 Å². The molecule has 178 valence electrons. The number of amides is 1. The van der Waals surface area contributed by atoms with Crippen molar-refractivity contribution in [1.82, 2.24) is 20.1 Å². The van der Waals surface area contributed by atoms with Crippen molar-refractivity contribution >= 4 is 11.6 Å². The van der Waals surface area contributed by atoms with E-state index in [4.69, 9.17) is 4.74 Å². The number of nitrogens with zero attached hydrogens (tertiary/aromatic N) is 4. The van der Waals surface area contributed by atoms with Gasteiger partial charge in [0.2, 0.25) is 0 Å². The second-order valence-electron chi connectivity index (χ2n) is 8.07. The summed E-state index contributed by atoms with van der Waals surface area (Å²) in [6, 6.07) is 20.3. The summed E-state index contributed by atoms with van der Waals surface area (Å²) >= 11 is 0. The van der Waals surface area contributed by atoms with Crippen LogP contribution >= 0.6 is 0 Å². The van der Waals surface area contributed by atoms with E-state index in [1.807, 2.05) is 54.6 Å². The summed E-state index contributed by atoms with van der Waals surface area (Å²) in [7, 11) is 0. The van der Waals surface area contributed by atoms with E-state index in [1.54, 1.807) is 36.9 Å². The molecule has 0 unspecified atom stereocenters. The minimum atomic E-state index is -0.413. The Morgan fingerprint density at radius 1 is 1.06 bits per heavy atom. The average molecular weight is 472 g/mol. The summed E-state index contributed by atoms with van der Waals surface area (Å²) in [5.74, 6) is 0.509. The molecule has 0 spiro atoms. The average Bonchev–Trinajstić information content (AvgIpc) is 3.15. The van der Waals surface area contributed by atoms with E-state index in [0.29, 0.717) is 42.4 Å². The molecule has 0 saturated carbocycles. The molecule has 2 aromatic heterocycles. The third kappa shape index (κ3) is 5.89. The number of carbonyl (C=O) groups is 1. The Bertz CT molecular complexity index is 1330. The van der Waals surface area contributed by atoms with Crippen LogP contribution in [0.2, 0.25) is 0 Å². The van der Waals surface area contributed by atoms with E-state index in [1.165, 1.54) is 0 Å². The van der Waals surface area contributed by atoms with Gasteiger partial charge in [-0.25, -0.2) is 0 Å². The Morgan fingerprint density at radius 3 is 2.54 bits per heavy atom. The van der Waals surface area contributed by atoms with E-state index < -0.39 is 4.92 Å². The fraction of sp³-hybridized carbons (Fsp3) is 0.192. The number of pyridine rings is 1. The second-order valence-corrected chi connectivity index (χ2v) is 8.07. The van der Waals surface area contributed by atoms with Gasteiger partial charge in [0.05, 0.1) is 17.2 Å². The van der Waals surface area contributed by atoms with Gasteiger partial charge in [-0.15, -0.1) is 0 Å². The third-order valence-corrected chi connectivity index (χ3v) is 5.54. The summed E-state index contributed by atoms with van der Waals surface area (Å²) < 4.78 is 7.40. The van der Waals surface area contributed by atoms with Crippen molar-refractivity contribution in [2.24, 2.45) is 0 Å². The van der Waals surface area contributed by atoms with E-state index in [-0.39, 0.29) is 11.6 Å². The van der Waals surface area contributed by atoms with Crippen molar-refractivity contribution in [1.29, 1.82) is 0 Å². The predicted molar refractivity (Wildman–Crippen MR) is 130 cm³/mol. The Morgan fingerprint density at radius 2 is 1.86 bits per heavy atom. The molecule has 0 aliphatic heterocycles. The molecule has 35 heavy (non-hydrogen) atoms. The zero-order chi connectivity index (χ0) is 24.8. The van der Waals surface area contributed by atoms with Gasteiger partial charge in [0.15, 0.2) is 0 Å². The molecular weight excluding hydrogens is 446 g/mol. The number of rotatable bonds is 9. The van der Waals surface area contributed by atoms with Crippen LogP contribution < -0.4 is 10.1 Å². The molecule has 0 fully saturated rings. The first kappa shape index (κ1) is 23.6. The third-order valence-electron chi connectivity index (χ3n) is 5.54. The number of benzene rings is 2. The lowest BCUT2D eigenvalue weighted by Crippen LogP contribution is -2.22. The number of aromatic nitrogens is 3. The number of hydrogen-bond acceptors (Lipinski definition) is 6. The maximum atomic E-state index is 12.6. The van der Waals surface area contributed by atoms with Gasteiger partial charge in [-0.1, -0.05) is 30.3 Å². The molecule has 4 rings (SSSR count). The summed E-state index contributed by atoms with van der Waals surface area (Å²) in [5.41, 5.74) is 4.09. The van der Waals surface area contributed by atoms with E-state index in [0.717, 1.165) is 16.8 Å². The van der Waals surface area contributed by atoms with Crippen molar-refractivity contribution < 1.29 is 14.5 Å². The second kappa shape index (κ2) is 10.6. The first-order valence-electron chi connectivity index (χ1n) is 11.1. The highest BCUT2D eigenvalue weighted by Crippen LogP contribution is 2.22. The minimum Gasteiger partial charge on any atom is -0.487 e. The van der Waals surface area contributed by atoms with Crippen LogP contribution in [0.25, 0.3) is 0 Å². The maximum absolute atomic E-state index is 12.6. The van der Waals surface area contributed by atoms with Crippen LogP contribution in [-0.2, 0) is 19.7 Å². The molecule has 9 nitrogen and oxygen atoms in total. The number of aryl methyl sites for hydroxylation is 1. The fourth-order valence-corrected chi connectivity index (χ4v) is 3.71. The van der Waals surface area contributed by atoms with Gasteiger partial charge in [0.25, 0.3) is 5.91 Å². The first-order chi connectivity index (χ1) is 16.9. The largest absolute Gasteiger partial charge is 0.487 e. The fourth-order valence-electron chi connectivity index (χ4n) is 3.71. The van der Waals surface area contributed by atoms with Gasteiger partial charge in [-0.05, 0) is 61.4 Å². The highest BCUT2D eigenvalue weighted by atomic mass is 16.6. The number of nitrogens with one attached hydrogen (secondary N) is 1. The van der Waals surface area contributed by atoms with Crippen molar-refractivity contribution in [2.45, 2.75) is 33.5 Å². The van der Waals surface area contributed by atoms with Crippen LogP contribution in [0.3, 0.4) is 0 Å². The quantitative estimate of drug-likeness (QED) is 0.287. The maximum Gasteiger partial charge on any atom is 0.312 e. The van der Waals surface area contributed by atoms with Gasteiger partial charge in [-0.3, -0.25) is 24.6 Å². The minimum absolute atomic E-state index is 0.0344. The zero-order valence-corrected chi connectivity index (χ0v) is 19.5. The number of hydrogen-bond donors (Lipinski definition) is 1. The van der Waals surface area contributed by atoms with Crippen LogP contribution in [0.4, 0.5) is 5.69 Å². The summed E-state index contributed by atoms with van der Waals surface area (Å²) in [4.78, 5) is 27.6. The van der Waals surface area contributed by atoms with Gasteiger partial charge < -0.3 is 10.1 Å². The lowest BCUT2D eigenvalue weighted by atomic mass is 10.1. The number of ether oxygens (including phenoxy) is 1. The van der Waals surface area contributed by atoms with Crippen molar-refractivity contribution in [3.8, 4) is 5.75 Å². The molecule has 0 radical (unpaired) electrons. The Kier molecular flexibility index (Phi) is 7.15. The molecular formula is C26H25N5O4. The van der Waals surface area contributed by atoms with Gasteiger partial charge >= 0.3 is 5.69 Å². The topological polar surface area (TPSA) is 112 Å². The van der Waals surface area contributed by atoms with Crippen LogP contribution in [0, 0.1) is 24.0 Å². The van der Waals surface area contributed by atoms with E-state index in [9.17, 15) is 14.9 Å². The molecule has 1 N–H and O–H groups in total. The summed E-state index contributed by atoms with van der Waals surface area (Å²) in [6.45, 7) is 4.41. The van der Waals surface area contributed by atoms with Crippen molar-refractivity contribution in [3.05, 3.63) is 117 Å². The van der Waals surface area contributed by atoms with E-state index >= 15 is 0 Å². The van der Waals surface area contributed by atoms with Crippen molar-refractivity contribution in [3.63, 3.8) is 0 Å². The Labute approximate surface area is 202 Å². The lowest BCUT2D eigenvalue weighted by molar-refractivity contribution is -0.386. The molecule has 2 heterocycles. The SMILES string of the molecule is Cc1nn(Cc2ccc(C(=O)NCc3cccc(OCc4ccccn4)c3)cc2)c(C)c1[N+](=O)[O-]. The zero-order valence-electron chi connectivity index (χ0n) is 19.5. The molecule has 0 bridgehead atoms. The van der Waals surface area contributed by atoms with Crippen LogP contribution in [0.5, 0.6) is 5.75 Å². The number of carbonyl (C=O) groups excluding carboxylic acids is 1. The first-order valence-corrected chi connectivity index (χ1v) is 11.1. The molecule has 2 aromatic carbocycles. The monoisotopic (exact) mass is 471 g/mol. The summed E-state index contributed by atoms with van der Waals surface area (Å²) in [5, 5.41) is 18.4. The standard InChI is InChI=1S/C26H25N5O4/c1-18-25(31(33)34)19(2)30(29-18)16-20-9-11-22(12-10-20)26(32)28-15-21-6-5-8-24(14-21)35-17-23-7-3-4-13-27-23/h3-14H,15-17H2,1-2H3,(H,28,32). The molecule has 0 atom stereocenters. The van der Waals surface area contributed by atoms with Crippen LogP contribution in [0.15, 0.2) is 72.9 Å². The highest BCUT2D eigenvalue weighted by molar-refractivity contribution is 5.94. The van der Waals surface area contributed by atoms with Crippen LogP contribution in [-0.4, -0.2) is 25.6 Å². The molecule has 0 aliphatic carbocycles. The molecule has 4 aromatic rings. The summed E-state index contributed by atoms with van der Waals surface area (Å²) in [6.07, 6.45) is 1.72. The van der Waals surface area contributed by atoms with Crippen molar-refractivity contribution in [2.75, 3.05) is 0 Å². The predicted octanol–water partition coefficient (Wildman–Crippen LogP) is 4.36. The molecule has 1 amide bonds. The van der Waals surface area contributed by atoms with Crippen LogP contribution in [0.1, 0.15) is 38.6 Å². The smallest absolute Gasteiger partial charge is 0.312 e. The normalized spacial score (nSPS) is 10.7.